The molecule has 0 saturated carbocycles. The number of hydrogen-bond donors (Lipinski definition) is 0. The van der Waals surface area contributed by atoms with Crippen LogP contribution >= 0.6 is 11.8 Å². The molecule has 1 fully saturated rings. The first-order valence-electron chi connectivity index (χ1n) is 8.87. The van der Waals surface area contributed by atoms with Gasteiger partial charge in [-0.3, -0.25) is 4.79 Å². The number of hydrogen-bond acceptors (Lipinski definition) is 6. The van der Waals surface area contributed by atoms with E-state index in [1.54, 1.807) is 4.90 Å². The van der Waals surface area contributed by atoms with Gasteiger partial charge in [0.25, 0.3) is 0 Å². The Hall–Kier alpha value is -1.41. The molecule has 2 heterocycles. The molecule has 0 N–H and O–H groups in total. The summed E-state index contributed by atoms with van der Waals surface area (Å²) in [5, 5.41) is 0. The molecule has 2 atom stereocenters. The molecule has 0 aromatic heterocycles. The van der Waals surface area contributed by atoms with Crippen molar-refractivity contribution in [2.24, 2.45) is 0 Å². The van der Waals surface area contributed by atoms with Crippen LogP contribution in [0.4, 0.5) is 0 Å². The summed E-state index contributed by atoms with van der Waals surface area (Å²) in [6.45, 7) is 4.26. The monoisotopic (exact) mass is 399 g/mol. The van der Waals surface area contributed by atoms with Gasteiger partial charge in [0.1, 0.15) is 0 Å². The van der Waals surface area contributed by atoms with Crippen LogP contribution in [-0.4, -0.2) is 55.4 Å². The Kier molecular flexibility index (Phi) is 6.02. The van der Waals surface area contributed by atoms with Gasteiger partial charge in [-0.2, -0.15) is 0 Å². The van der Waals surface area contributed by atoms with Gasteiger partial charge in [-0.05, 0) is 37.5 Å². The number of sulfone groups is 1. The predicted molar refractivity (Wildman–Crippen MR) is 102 cm³/mol. The summed E-state index contributed by atoms with van der Waals surface area (Å²) in [5.74, 6) is 2.83. The van der Waals surface area contributed by atoms with Crippen LogP contribution in [0.2, 0.25) is 0 Å². The first-order valence-corrected chi connectivity index (χ1v) is 11.8. The smallest absolute Gasteiger partial charge is 0.233 e. The highest BCUT2D eigenvalue weighted by Gasteiger charge is 2.36. The molecule has 8 heteroatoms. The van der Waals surface area contributed by atoms with Gasteiger partial charge in [-0.15, -0.1) is 11.8 Å². The molecule has 0 radical (unpaired) electrons. The number of thioether (sulfide) groups is 1. The fourth-order valence-corrected chi connectivity index (χ4v) is 5.91. The number of carbonyl (C=O) groups excluding carboxylic acids is 1. The number of amides is 1. The van der Waals surface area contributed by atoms with Crippen molar-refractivity contribution >= 4 is 27.5 Å². The number of benzene rings is 1. The fourth-order valence-electron chi connectivity index (χ4n) is 3.36. The number of carbonyl (C=O) groups is 1. The molecule has 1 amide bonds. The first-order chi connectivity index (χ1) is 12.4. The molecule has 0 bridgehead atoms. The Morgan fingerprint density at radius 1 is 1.35 bits per heavy atom. The molecule has 1 aromatic carbocycles. The minimum atomic E-state index is -3.01. The Morgan fingerprint density at radius 2 is 2.12 bits per heavy atom. The van der Waals surface area contributed by atoms with Gasteiger partial charge in [0.05, 0.1) is 17.3 Å². The van der Waals surface area contributed by atoms with Gasteiger partial charge >= 0.3 is 0 Å². The van der Waals surface area contributed by atoms with Crippen molar-refractivity contribution in [2.45, 2.75) is 44.5 Å². The summed E-state index contributed by atoms with van der Waals surface area (Å²) in [6.07, 6.45) is 1.36. The Labute approximate surface area is 159 Å². The molecule has 0 spiro atoms. The summed E-state index contributed by atoms with van der Waals surface area (Å²) >= 11 is 1.54. The van der Waals surface area contributed by atoms with Crippen molar-refractivity contribution in [1.29, 1.82) is 0 Å². The van der Waals surface area contributed by atoms with E-state index in [1.165, 1.54) is 11.8 Å². The number of nitrogens with zero attached hydrogens (tertiary/aromatic N) is 1. The van der Waals surface area contributed by atoms with E-state index in [0.29, 0.717) is 17.9 Å². The lowest BCUT2D eigenvalue weighted by atomic mass is 10.1. The van der Waals surface area contributed by atoms with Gasteiger partial charge < -0.3 is 14.4 Å². The highest BCUT2D eigenvalue weighted by Crippen LogP contribution is 2.33. The lowest BCUT2D eigenvalue weighted by Gasteiger charge is -2.33. The summed E-state index contributed by atoms with van der Waals surface area (Å²) in [6, 6.07) is 5.66. The molecular formula is C18H25NO5S2. The summed E-state index contributed by atoms with van der Waals surface area (Å²) in [5.41, 5.74) is 1.07. The van der Waals surface area contributed by atoms with E-state index in [9.17, 15) is 13.2 Å². The molecule has 2 aliphatic rings. The van der Waals surface area contributed by atoms with Crippen molar-refractivity contribution in [3.05, 3.63) is 23.8 Å². The molecule has 3 rings (SSSR count). The van der Waals surface area contributed by atoms with Crippen LogP contribution in [0.1, 0.15) is 32.3 Å². The maximum absolute atomic E-state index is 12.8. The molecular weight excluding hydrogens is 374 g/mol. The van der Waals surface area contributed by atoms with Crippen LogP contribution < -0.4 is 9.47 Å². The van der Waals surface area contributed by atoms with Crippen molar-refractivity contribution in [3.8, 4) is 11.5 Å². The van der Waals surface area contributed by atoms with E-state index < -0.39 is 9.84 Å². The van der Waals surface area contributed by atoms with Gasteiger partial charge in [-0.1, -0.05) is 13.0 Å². The van der Waals surface area contributed by atoms with Crippen LogP contribution in [-0.2, 0) is 20.4 Å². The molecule has 0 unspecified atom stereocenters. The topological polar surface area (TPSA) is 72.9 Å². The van der Waals surface area contributed by atoms with Crippen molar-refractivity contribution in [1.82, 2.24) is 4.90 Å². The molecule has 2 aliphatic heterocycles. The maximum Gasteiger partial charge on any atom is 0.233 e. The molecule has 144 valence electrons. The highest BCUT2D eigenvalue weighted by atomic mass is 32.2. The summed E-state index contributed by atoms with van der Waals surface area (Å²) < 4.78 is 34.3. The zero-order valence-electron chi connectivity index (χ0n) is 15.1. The average Bonchev–Trinajstić information content (AvgIpc) is 3.20. The number of fused-ring (bicyclic) bond motifs is 1. The van der Waals surface area contributed by atoms with E-state index in [4.69, 9.17) is 9.47 Å². The van der Waals surface area contributed by atoms with Gasteiger partial charge in [0, 0.05) is 17.8 Å². The van der Waals surface area contributed by atoms with Gasteiger partial charge in [0.15, 0.2) is 21.3 Å². The Balaban J connectivity index is 1.57. The molecule has 0 aliphatic carbocycles. The van der Waals surface area contributed by atoms with E-state index in [2.05, 4.69) is 0 Å². The lowest BCUT2D eigenvalue weighted by Crippen LogP contribution is -2.47. The van der Waals surface area contributed by atoms with E-state index in [0.717, 1.165) is 23.5 Å². The van der Waals surface area contributed by atoms with Crippen LogP contribution in [0.3, 0.4) is 0 Å². The minimum Gasteiger partial charge on any atom is -0.454 e. The second-order valence-electron chi connectivity index (χ2n) is 6.80. The van der Waals surface area contributed by atoms with Crippen molar-refractivity contribution in [2.75, 3.05) is 24.1 Å². The minimum absolute atomic E-state index is 0.0205. The highest BCUT2D eigenvalue weighted by molar-refractivity contribution is 7.99. The largest absolute Gasteiger partial charge is 0.454 e. The third-order valence-corrected chi connectivity index (χ3v) is 7.63. The Morgan fingerprint density at radius 3 is 2.81 bits per heavy atom. The van der Waals surface area contributed by atoms with E-state index >= 15 is 0 Å². The summed E-state index contributed by atoms with van der Waals surface area (Å²) in [7, 11) is -3.01. The SMILES string of the molecule is CC[C@H](C)N(C(=O)CSCc1ccc2c(c1)OCO2)[C@@H]1CCS(=O)(=O)C1. The predicted octanol–water partition coefficient (Wildman–Crippen LogP) is 2.46. The molecule has 1 saturated heterocycles. The van der Waals surface area contributed by atoms with Crippen LogP contribution in [0.25, 0.3) is 0 Å². The second kappa shape index (κ2) is 8.08. The standard InChI is InChI=1S/C18H25NO5S2/c1-3-13(2)19(15-6-7-26(21,22)11-15)18(20)10-25-9-14-4-5-16-17(8-14)24-12-23-16/h4-5,8,13,15H,3,6-7,9-12H2,1-2H3/t13-,15+/m0/s1. The fraction of sp³-hybridized carbons (Fsp3) is 0.611. The number of rotatable bonds is 7. The Bertz CT molecular complexity index is 765. The quantitative estimate of drug-likeness (QED) is 0.701. The molecule has 6 nitrogen and oxygen atoms in total. The van der Waals surface area contributed by atoms with E-state index in [-0.39, 0.29) is 36.3 Å². The van der Waals surface area contributed by atoms with Crippen LogP contribution in [0.5, 0.6) is 11.5 Å². The van der Waals surface area contributed by atoms with Crippen LogP contribution in [0.15, 0.2) is 18.2 Å². The van der Waals surface area contributed by atoms with Crippen LogP contribution in [0, 0.1) is 0 Å². The second-order valence-corrected chi connectivity index (χ2v) is 10.0. The average molecular weight is 400 g/mol. The molecule has 26 heavy (non-hydrogen) atoms. The maximum atomic E-state index is 12.8. The van der Waals surface area contributed by atoms with E-state index in [1.807, 2.05) is 32.0 Å². The molecule has 1 aromatic rings. The van der Waals surface area contributed by atoms with Gasteiger partial charge in [-0.25, -0.2) is 8.42 Å². The van der Waals surface area contributed by atoms with Crippen molar-refractivity contribution in [3.63, 3.8) is 0 Å². The van der Waals surface area contributed by atoms with Crippen molar-refractivity contribution < 1.29 is 22.7 Å². The lowest BCUT2D eigenvalue weighted by molar-refractivity contribution is -0.132. The first kappa shape index (κ1) is 19.4. The summed E-state index contributed by atoms with van der Waals surface area (Å²) in [4.78, 5) is 14.6. The zero-order chi connectivity index (χ0) is 18.7. The normalized spacial score (nSPS) is 21.5. The zero-order valence-corrected chi connectivity index (χ0v) is 16.8. The van der Waals surface area contributed by atoms with Gasteiger partial charge in [0.2, 0.25) is 12.7 Å². The number of ether oxygens (including phenoxy) is 2. The third kappa shape index (κ3) is 4.46. The third-order valence-electron chi connectivity index (χ3n) is 4.89.